The van der Waals surface area contributed by atoms with Crippen LogP contribution in [0.25, 0.3) is 0 Å². The Morgan fingerprint density at radius 2 is 2.55 bits per heavy atom. The number of nitrogens with one attached hydrogen (secondary N) is 1. The lowest BCUT2D eigenvalue weighted by molar-refractivity contribution is -0.141. The summed E-state index contributed by atoms with van der Waals surface area (Å²) in [5, 5.41) is 11.0. The second-order valence-corrected chi connectivity index (χ2v) is 2.86. The third kappa shape index (κ3) is 1.58. The van der Waals surface area contributed by atoms with Gasteiger partial charge in [-0.25, -0.2) is 9.79 Å². The van der Waals surface area contributed by atoms with Gasteiger partial charge in [-0.15, -0.1) is 0 Å². The van der Waals surface area contributed by atoms with Crippen LogP contribution in [0.5, 0.6) is 0 Å². The van der Waals surface area contributed by atoms with Crippen LogP contribution >= 0.6 is 15.9 Å². The van der Waals surface area contributed by atoms with Crippen molar-refractivity contribution >= 4 is 28.1 Å². The molecule has 1 aliphatic rings. The number of carbonyl (C=O) groups is 1. The number of carboxylic acids is 1. The van der Waals surface area contributed by atoms with Gasteiger partial charge in [0.2, 0.25) is 5.66 Å². The van der Waals surface area contributed by atoms with Gasteiger partial charge in [-0.1, -0.05) is 0 Å². The van der Waals surface area contributed by atoms with Gasteiger partial charge in [0, 0.05) is 6.20 Å². The molecule has 5 nitrogen and oxygen atoms in total. The van der Waals surface area contributed by atoms with Crippen molar-refractivity contribution in [3.8, 4) is 0 Å². The monoisotopic (exact) mass is 219 g/mol. The van der Waals surface area contributed by atoms with Crippen LogP contribution in [0.4, 0.5) is 0 Å². The zero-order valence-corrected chi connectivity index (χ0v) is 7.00. The van der Waals surface area contributed by atoms with Gasteiger partial charge in [0.05, 0.1) is 6.21 Å². The van der Waals surface area contributed by atoms with Crippen molar-refractivity contribution in [2.24, 2.45) is 10.7 Å². The van der Waals surface area contributed by atoms with Gasteiger partial charge in [-0.2, -0.15) is 0 Å². The van der Waals surface area contributed by atoms with E-state index in [1.807, 2.05) is 0 Å². The van der Waals surface area contributed by atoms with Crippen molar-refractivity contribution in [2.45, 2.75) is 5.66 Å². The van der Waals surface area contributed by atoms with Crippen LogP contribution in [-0.4, -0.2) is 23.0 Å². The fourth-order valence-corrected chi connectivity index (χ4v) is 0.751. The first kappa shape index (κ1) is 8.22. The van der Waals surface area contributed by atoms with Crippen molar-refractivity contribution in [1.82, 2.24) is 5.32 Å². The number of carboxylic acid groups (broad SMARTS) is 1. The molecule has 0 amide bonds. The van der Waals surface area contributed by atoms with Gasteiger partial charge in [-0.3, -0.25) is 5.73 Å². The van der Waals surface area contributed by atoms with E-state index in [1.165, 1.54) is 6.20 Å². The predicted molar refractivity (Wildman–Crippen MR) is 43.2 cm³/mol. The van der Waals surface area contributed by atoms with E-state index < -0.39 is 11.6 Å². The van der Waals surface area contributed by atoms with E-state index >= 15 is 0 Å². The first-order chi connectivity index (χ1) is 5.04. The van der Waals surface area contributed by atoms with Gasteiger partial charge in [0.25, 0.3) is 0 Å². The van der Waals surface area contributed by atoms with E-state index in [1.54, 1.807) is 0 Å². The molecule has 1 atom stereocenters. The molecule has 6 heteroatoms. The minimum atomic E-state index is -1.57. The van der Waals surface area contributed by atoms with Crippen molar-refractivity contribution in [1.29, 1.82) is 0 Å². The lowest BCUT2D eigenvalue weighted by Crippen LogP contribution is -2.60. The Bertz CT molecular complexity index is 250. The zero-order valence-electron chi connectivity index (χ0n) is 5.41. The van der Waals surface area contributed by atoms with Crippen molar-refractivity contribution < 1.29 is 9.90 Å². The van der Waals surface area contributed by atoms with Crippen molar-refractivity contribution in [3.05, 3.63) is 10.8 Å². The number of hydrogen-bond acceptors (Lipinski definition) is 4. The maximum absolute atomic E-state index is 10.5. The number of hydrogen-bond donors (Lipinski definition) is 3. The number of aliphatic imine (C=N–C) groups is 1. The Morgan fingerprint density at radius 3 is 2.91 bits per heavy atom. The summed E-state index contributed by atoms with van der Waals surface area (Å²) in [4.78, 5) is 14.1. The van der Waals surface area contributed by atoms with Crippen molar-refractivity contribution in [2.75, 3.05) is 0 Å². The molecule has 0 saturated carbocycles. The molecule has 0 radical (unpaired) electrons. The Hall–Kier alpha value is -0.880. The Morgan fingerprint density at radius 1 is 1.91 bits per heavy atom. The Balaban J connectivity index is 2.82. The minimum absolute atomic E-state index is 0.514. The second kappa shape index (κ2) is 2.63. The average molecular weight is 220 g/mol. The van der Waals surface area contributed by atoms with Crippen LogP contribution in [0.3, 0.4) is 0 Å². The smallest absolute Gasteiger partial charge is 0.350 e. The summed E-state index contributed by atoms with van der Waals surface area (Å²) in [6.45, 7) is 0. The van der Waals surface area contributed by atoms with Gasteiger partial charge in [-0.05, 0) is 15.9 Å². The van der Waals surface area contributed by atoms with E-state index in [9.17, 15) is 4.79 Å². The summed E-state index contributed by atoms with van der Waals surface area (Å²) in [6, 6.07) is 0. The molecular weight excluding hydrogens is 214 g/mol. The molecule has 11 heavy (non-hydrogen) atoms. The molecule has 60 valence electrons. The molecule has 0 fully saturated rings. The predicted octanol–water partition coefficient (Wildman–Crippen LogP) is -0.406. The number of nitrogens with zero attached hydrogens (tertiary/aromatic N) is 1. The number of aliphatic carboxylic acids is 1. The molecule has 4 N–H and O–H groups in total. The van der Waals surface area contributed by atoms with E-state index in [0.29, 0.717) is 4.61 Å². The highest BCUT2D eigenvalue weighted by Crippen LogP contribution is 2.10. The second-order valence-electron chi connectivity index (χ2n) is 2.04. The maximum Gasteiger partial charge on any atom is 0.350 e. The topological polar surface area (TPSA) is 87.7 Å². The Kier molecular flexibility index (Phi) is 1.97. The van der Waals surface area contributed by atoms with Gasteiger partial charge >= 0.3 is 5.97 Å². The first-order valence-electron chi connectivity index (χ1n) is 2.75. The number of rotatable bonds is 1. The van der Waals surface area contributed by atoms with Gasteiger partial charge < -0.3 is 10.4 Å². The van der Waals surface area contributed by atoms with E-state index in [2.05, 4.69) is 26.2 Å². The zero-order chi connectivity index (χ0) is 8.48. The highest BCUT2D eigenvalue weighted by Gasteiger charge is 2.32. The Labute approximate surface area is 71.1 Å². The molecule has 0 aromatic heterocycles. The molecule has 0 spiro atoms. The van der Waals surface area contributed by atoms with E-state index in [-0.39, 0.29) is 0 Å². The summed E-state index contributed by atoms with van der Waals surface area (Å²) < 4.78 is 0.514. The highest BCUT2D eigenvalue weighted by atomic mass is 79.9. The summed E-state index contributed by atoms with van der Waals surface area (Å²) in [6.07, 6.45) is 2.51. The van der Waals surface area contributed by atoms with Crippen molar-refractivity contribution in [3.63, 3.8) is 0 Å². The fraction of sp³-hybridized carbons (Fsp3) is 0.200. The number of halogens is 1. The van der Waals surface area contributed by atoms with E-state index in [0.717, 1.165) is 6.21 Å². The summed E-state index contributed by atoms with van der Waals surface area (Å²) >= 11 is 3.04. The fourth-order valence-electron chi connectivity index (χ4n) is 0.534. The first-order valence-corrected chi connectivity index (χ1v) is 3.55. The summed E-state index contributed by atoms with van der Waals surface area (Å²) in [7, 11) is 0. The van der Waals surface area contributed by atoms with Crippen LogP contribution in [-0.2, 0) is 4.79 Å². The lowest BCUT2D eigenvalue weighted by Gasteiger charge is -2.22. The molecular formula is C5H6BrN3O2. The third-order valence-corrected chi connectivity index (χ3v) is 1.61. The van der Waals surface area contributed by atoms with Crippen LogP contribution in [0, 0.1) is 0 Å². The average Bonchev–Trinajstić information content (AvgIpc) is 1.95. The third-order valence-electron chi connectivity index (χ3n) is 1.18. The van der Waals surface area contributed by atoms with Crippen LogP contribution in [0.2, 0.25) is 0 Å². The summed E-state index contributed by atoms with van der Waals surface area (Å²) in [5.41, 5.74) is 3.77. The van der Waals surface area contributed by atoms with Gasteiger partial charge in [0.1, 0.15) is 4.61 Å². The molecule has 0 aromatic carbocycles. The largest absolute Gasteiger partial charge is 0.478 e. The molecule has 0 aromatic rings. The number of nitrogens with two attached hydrogens (primary N) is 1. The normalized spacial score (nSPS) is 29.1. The molecule has 1 aliphatic heterocycles. The van der Waals surface area contributed by atoms with Crippen LogP contribution < -0.4 is 11.1 Å². The quantitative estimate of drug-likeness (QED) is 0.524. The maximum atomic E-state index is 10.5. The summed E-state index contributed by atoms with van der Waals surface area (Å²) in [5.74, 6) is -1.17. The SMILES string of the molecule is NC1(C(=O)O)C=NC(Br)=CN1. The molecule has 0 saturated heterocycles. The van der Waals surface area contributed by atoms with E-state index in [4.69, 9.17) is 10.8 Å². The highest BCUT2D eigenvalue weighted by molar-refractivity contribution is 9.11. The lowest BCUT2D eigenvalue weighted by atomic mass is 10.2. The molecule has 1 heterocycles. The standard InChI is InChI=1S/C5H6BrN3O2/c6-3-1-9-5(7,2-8-3)4(10)11/h1-2,9H,7H2,(H,10,11). The van der Waals surface area contributed by atoms with Crippen LogP contribution in [0.1, 0.15) is 0 Å². The minimum Gasteiger partial charge on any atom is -0.478 e. The molecule has 0 aliphatic carbocycles. The molecule has 0 bridgehead atoms. The van der Waals surface area contributed by atoms with Crippen LogP contribution in [0.15, 0.2) is 15.8 Å². The molecule has 1 unspecified atom stereocenters. The molecule has 1 rings (SSSR count). The van der Waals surface area contributed by atoms with Gasteiger partial charge in [0.15, 0.2) is 0 Å².